The van der Waals surface area contributed by atoms with Gasteiger partial charge in [-0.05, 0) is 60.9 Å². The van der Waals surface area contributed by atoms with Crippen LogP contribution in [0.4, 0.5) is 10.1 Å². The number of aromatic nitrogens is 1. The fraction of sp³-hybridized carbons (Fsp3) is 0.120. The van der Waals surface area contributed by atoms with E-state index in [9.17, 15) is 9.18 Å². The molecule has 0 bridgehead atoms. The van der Waals surface area contributed by atoms with Crippen LogP contribution in [0.25, 0.3) is 11.3 Å². The number of thioether (sulfide) groups is 1. The van der Waals surface area contributed by atoms with E-state index in [1.54, 1.807) is 12.1 Å². The first kappa shape index (κ1) is 21.3. The first-order valence-electron chi connectivity index (χ1n) is 9.81. The molecule has 0 unspecified atom stereocenters. The van der Waals surface area contributed by atoms with Crippen LogP contribution in [0.3, 0.4) is 0 Å². The van der Waals surface area contributed by atoms with Gasteiger partial charge >= 0.3 is 0 Å². The van der Waals surface area contributed by atoms with Crippen molar-refractivity contribution in [3.05, 3.63) is 101 Å². The molecule has 156 valence electrons. The number of thiazole rings is 1. The van der Waals surface area contributed by atoms with Crippen molar-refractivity contribution in [2.45, 2.75) is 23.4 Å². The molecule has 1 N–H and O–H groups in total. The van der Waals surface area contributed by atoms with E-state index in [0.29, 0.717) is 0 Å². The van der Waals surface area contributed by atoms with Crippen molar-refractivity contribution in [1.29, 1.82) is 0 Å². The molecule has 0 fully saturated rings. The van der Waals surface area contributed by atoms with Crippen LogP contribution in [0.2, 0.25) is 0 Å². The highest BCUT2D eigenvalue weighted by molar-refractivity contribution is 8.01. The summed E-state index contributed by atoms with van der Waals surface area (Å²) in [5.41, 5.74) is 5.46. The maximum Gasteiger partial charge on any atom is 0.242 e. The standard InChI is InChI=1S/C25H21FN2OS2/c1-16-8-9-17(2)21(14-16)27-24(29)23(19-6-4-3-5-7-19)31-25-28-22(15-30-25)18-10-12-20(26)13-11-18/h3-15,23H,1-2H3,(H,27,29)/t23-/m0/s1. The molecule has 0 aliphatic heterocycles. The normalized spacial score (nSPS) is 11.8. The average molecular weight is 449 g/mol. The molecule has 1 heterocycles. The molecular formula is C25H21FN2OS2. The molecule has 3 aromatic carbocycles. The Balaban J connectivity index is 1.60. The van der Waals surface area contributed by atoms with Gasteiger partial charge in [-0.25, -0.2) is 9.37 Å². The van der Waals surface area contributed by atoms with Gasteiger partial charge in [0.25, 0.3) is 0 Å². The van der Waals surface area contributed by atoms with Crippen LogP contribution >= 0.6 is 23.1 Å². The van der Waals surface area contributed by atoms with Crippen LogP contribution in [0.5, 0.6) is 0 Å². The molecule has 0 spiro atoms. The molecular weight excluding hydrogens is 427 g/mol. The number of hydrogen-bond acceptors (Lipinski definition) is 4. The summed E-state index contributed by atoms with van der Waals surface area (Å²) in [7, 11) is 0. The van der Waals surface area contributed by atoms with Gasteiger partial charge in [0.15, 0.2) is 4.34 Å². The number of carbonyl (C=O) groups excluding carboxylic acids is 1. The smallest absolute Gasteiger partial charge is 0.242 e. The Bertz CT molecular complexity index is 1190. The van der Waals surface area contributed by atoms with Crippen LogP contribution in [0.1, 0.15) is 21.9 Å². The number of benzene rings is 3. The zero-order valence-electron chi connectivity index (χ0n) is 17.1. The van der Waals surface area contributed by atoms with Crippen LogP contribution in [-0.4, -0.2) is 10.9 Å². The van der Waals surface area contributed by atoms with Gasteiger partial charge in [0.2, 0.25) is 5.91 Å². The van der Waals surface area contributed by atoms with E-state index in [-0.39, 0.29) is 11.7 Å². The number of rotatable bonds is 6. The van der Waals surface area contributed by atoms with E-state index < -0.39 is 5.25 Å². The molecule has 3 nitrogen and oxygen atoms in total. The van der Waals surface area contributed by atoms with Gasteiger partial charge in [0, 0.05) is 16.6 Å². The van der Waals surface area contributed by atoms with Gasteiger partial charge in [0.1, 0.15) is 11.1 Å². The largest absolute Gasteiger partial charge is 0.325 e. The highest BCUT2D eigenvalue weighted by Crippen LogP contribution is 2.39. The van der Waals surface area contributed by atoms with Crippen molar-refractivity contribution in [3.8, 4) is 11.3 Å². The van der Waals surface area contributed by atoms with Crippen molar-refractivity contribution in [2.24, 2.45) is 0 Å². The Labute approximate surface area is 189 Å². The summed E-state index contributed by atoms with van der Waals surface area (Å²) >= 11 is 2.90. The number of aryl methyl sites for hydroxylation is 2. The first-order valence-corrected chi connectivity index (χ1v) is 11.6. The molecule has 6 heteroatoms. The van der Waals surface area contributed by atoms with Crippen LogP contribution in [-0.2, 0) is 4.79 Å². The molecule has 1 amide bonds. The second kappa shape index (κ2) is 9.45. The lowest BCUT2D eigenvalue weighted by molar-refractivity contribution is -0.115. The lowest BCUT2D eigenvalue weighted by Crippen LogP contribution is -2.19. The average Bonchev–Trinajstić information content (AvgIpc) is 3.24. The predicted molar refractivity (Wildman–Crippen MR) is 127 cm³/mol. The lowest BCUT2D eigenvalue weighted by atomic mass is 10.1. The van der Waals surface area contributed by atoms with E-state index in [1.165, 1.54) is 35.2 Å². The van der Waals surface area contributed by atoms with Crippen molar-refractivity contribution in [2.75, 3.05) is 5.32 Å². The molecule has 31 heavy (non-hydrogen) atoms. The van der Waals surface area contributed by atoms with Crippen LogP contribution in [0.15, 0.2) is 82.5 Å². The van der Waals surface area contributed by atoms with E-state index in [1.807, 2.05) is 67.8 Å². The Kier molecular flexibility index (Phi) is 6.49. The third kappa shape index (κ3) is 5.21. The highest BCUT2D eigenvalue weighted by Gasteiger charge is 2.24. The fourth-order valence-corrected chi connectivity index (χ4v) is 5.15. The van der Waals surface area contributed by atoms with Gasteiger partial charge in [-0.15, -0.1) is 11.3 Å². The summed E-state index contributed by atoms with van der Waals surface area (Å²) in [5, 5.41) is 4.57. The minimum Gasteiger partial charge on any atom is -0.325 e. The Morgan fingerprint density at radius 2 is 1.77 bits per heavy atom. The highest BCUT2D eigenvalue weighted by atomic mass is 32.2. The molecule has 0 saturated heterocycles. The molecule has 0 saturated carbocycles. The summed E-state index contributed by atoms with van der Waals surface area (Å²) in [6.07, 6.45) is 0. The molecule has 0 aliphatic carbocycles. The number of nitrogens with zero attached hydrogens (tertiary/aromatic N) is 1. The molecule has 0 radical (unpaired) electrons. The third-order valence-electron chi connectivity index (χ3n) is 4.83. The van der Waals surface area contributed by atoms with Crippen molar-refractivity contribution in [3.63, 3.8) is 0 Å². The van der Waals surface area contributed by atoms with Crippen molar-refractivity contribution < 1.29 is 9.18 Å². The summed E-state index contributed by atoms with van der Waals surface area (Å²) in [5.74, 6) is -0.371. The molecule has 1 aromatic heterocycles. The van der Waals surface area contributed by atoms with E-state index in [4.69, 9.17) is 0 Å². The number of amides is 1. The summed E-state index contributed by atoms with van der Waals surface area (Å²) < 4.78 is 14.0. The summed E-state index contributed by atoms with van der Waals surface area (Å²) in [6, 6.07) is 22.0. The van der Waals surface area contributed by atoms with E-state index in [0.717, 1.165) is 38.0 Å². The molecule has 1 atom stereocenters. The fourth-order valence-electron chi connectivity index (χ4n) is 3.14. The third-order valence-corrected chi connectivity index (χ3v) is 7.06. The first-order chi connectivity index (χ1) is 15.0. The minimum atomic E-state index is -0.451. The number of nitrogens with one attached hydrogen (secondary N) is 1. The Morgan fingerprint density at radius 1 is 1.03 bits per heavy atom. The Morgan fingerprint density at radius 3 is 2.52 bits per heavy atom. The maximum atomic E-state index is 13.3. The SMILES string of the molecule is Cc1ccc(C)c(NC(=O)[C@@H](Sc2nc(-c3ccc(F)cc3)cs2)c2ccccc2)c1. The summed E-state index contributed by atoms with van der Waals surface area (Å²) in [4.78, 5) is 18.0. The second-order valence-electron chi connectivity index (χ2n) is 7.22. The number of carbonyl (C=O) groups is 1. The van der Waals surface area contributed by atoms with Gasteiger partial charge in [-0.2, -0.15) is 0 Å². The molecule has 4 rings (SSSR count). The van der Waals surface area contributed by atoms with Gasteiger partial charge in [-0.1, -0.05) is 54.2 Å². The minimum absolute atomic E-state index is 0.0940. The number of anilines is 1. The topological polar surface area (TPSA) is 42.0 Å². The van der Waals surface area contributed by atoms with Crippen LogP contribution in [0, 0.1) is 19.7 Å². The zero-order valence-corrected chi connectivity index (χ0v) is 18.8. The summed E-state index contributed by atoms with van der Waals surface area (Å²) in [6.45, 7) is 3.99. The zero-order chi connectivity index (χ0) is 21.8. The number of hydrogen-bond donors (Lipinski definition) is 1. The van der Waals surface area contributed by atoms with Gasteiger partial charge in [0.05, 0.1) is 5.69 Å². The predicted octanol–water partition coefficient (Wildman–Crippen LogP) is 7.04. The molecule has 0 aliphatic rings. The Hall–Kier alpha value is -2.96. The van der Waals surface area contributed by atoms with E-state index in [2.05, 4.69) is 10.3 Å². The van der Waals surface area contributed by atoms with Gasteiger partial charge < -0.3 is 5.32 Å². The molecule has 4 aromatic rings. The lowest BCUT2D eigenvalue weighted by Gasteiger charge is -2.17. The maximum absolute atomic E-state index is 13.3. The van der Waals surface area contributed by atoms with Crippen LogP contribution < -0.4 is 5.32 Å². The monoisotopic (exact) mass is 448 g/mol. The van der Waals surface area contributed by atoms with Crippen molar-refractivity contribution >= 4 is 34.7 Å². The van der Waals surface area contributed by atoms with Gasteiger partial charge in [-0.3, -0.25) is 4.79 Å². The number of halogens is 1. The van der Waals surface area contributed by atoms with Crippen molar-refractivity contribution in [1.82, 2.24) is 4.98 Å². The quantitative estimate of drug-likeness (QED) is 0.322. The van der Waals surface area contributed by atoms with E-state index >= 15 is 0 Å². The second-order valence-corrected chi connectivity index (χ2v) is 9.43.